The van der Waals surface area contributed by atoms with E-state index in [4.69, 9.17) is 14.2 Å². The van der Waals surface area contributed by atoms with Crippen LogP contribution < -0.4 is 10.4 Å². The first-order valence-electron chi connectivity index (χ1n) is 10.7. The molecular formula is C23H33N3O6. The van der Waals surface area contributed by atoms with Crippen LogP contribution in [0.15, 0.2) is 23.0 Å². The van der Waals surface area contributed by atoms with Crippen LogP contribution >= 0.6 is 0 Å². The Morgan fingerprint density at radius 2 is 1.91 bits per heavy atom. The number of nitrogens with one attached hydrogen (secondary N) is 1. The Hall–Kier alpha value is -2.81. The zero-order valence-corrected chi connectivity index (χ0v) is 19.9. The van der Waals surface area contributed by atoms with Crippen molar-refractivity contribution in [3.05, 3.63) is 28.7 Å². The Morgan fingerprint density at radius 1 is 1.22 bits per heavy atom. The number of ether oxygens (including phenoxy) is 3. The first kappa shape index (κ1) is 23.8. The number of aryl methyl sites for hydroxylation is 1. The van der Waals surface area contributed by atoms with E-state index in [0.717, 1.165) is 6.29 Å². The number of carbonyl (C=O) groups excluding carboxylic acids is 2. The first-order valence-corrected chi connectivity index (χ1v) is 10.7. The molecule has 32 heavy (non-hydrogen) atoms. The van der Waals surface area contributed by atoms with E-state index in [1.807, 2.05) is 20.8 Å². The number of benzene rings is 1. The number of amides is 1. The number of imidazole rings is 1. The SMILES string of the molecule is Cn1c(=O)[nH]c2ccc(O[C@H]3CN(C(=O)OC(C)(C)C)C(C=O)(COC(C)(C)C)C3)cc21. The van der Waals surface area contributed by atoms with Crippen LogP contribution in [0.25, 0.3) is 11.0 Å². The van der Waals surface area contributed by atoms with Crippen LogP contribution in [-0.2, 0) is 21.3 Å². The third-order valence-electron chi connectivity index (χ3n) is 5.27. The predicted molar refractivity (Wildman–Crippen MR) is 120 cm³/mol. The summed E-state index contributed by atoms with van der Waals surface area (Å²) in [7, 11) is 1.67. The molecule has 0 radical (unpaired) electrons. The van der Waals surface area contributed by atoms with E-state index in [0.29, 0.717) is 16.8 Å². The van der Waals surface area contributed by atoms with Gasteiger partial charge in [0, 0.05) is 19.5 Å². The second-order valence-electron chi connectivity index (χ2n) is 10.3. The van der Waals surface area contributed by atoms with Crippen molar-refractivity contribution in [1.82, 2.24) is 14.5 Å². The Labute approximate surface area is 187 Å². The highest BCUT2D eigenvalue weighted by Crippen LogP contribution is 2.34. The molecule has 176 valence electrons. The fourth-order valence-corrected chi connectivity index (χ4v) is 3.70. The number of aromatic nitrogens is 2. The molecule has 1 amide bonds. The van der Waals surface area contributed by atoms with E-state index in [1.54, 1.807) is 46.0 Å². The zero-order valence-electron chi connectivity index (χ0n) is 19.9. The van der Waals surface area contributed by atoms with Gasteiger partial charge in [0.2, 0.25) is 0 Å². The second-order valence-corrected chi connectivity index (χ2v) is 10.3. The van der Waals surface area contributed by atoms with Crippen LogP contribution in [0.2, 0.25) is 0 Å². The van der Waals surface area contributed by atoms with Gasteiger partial charge in [0.05, 0.1) is 29.8 Å². The Kier molecular flexibility index (Phi) is 6.16. The average Bonchev–Trinajstić information content (AvgIpc) is 3.17. The van der Waals surface area contributed by atoms with Gasteiger partial charge in [-0.15, -0.1) is 0 Å². The molecule has 0 saturated carbocycles. The lowest BCUT2D eigenvalue weighted by molar-refractivity contribution is -0.125. The van der Waals surface area contributed by atoms with E-state index >= 15 is 0 Å². The summed E-state index contributed by atoms with van der Waals surface area (Å²) in [5.41, 5.74) is -1.21. The lowest BCUT2D eigenvalue weighted by atomic mass is 9.98. The summed E-state index contributed by atoms with van der Waals surface area (Å²) in [5, 5.41) is 0. The minimum absolute atomic E-state index is 0.0322. The normalized spacial score (nSPS) is 21.7. The third kappa shape index (κ3) is 5.15. The Bertz CT molecular complexity index is 1060. The number of H-pyrrole nitrogens is 1. The molecule has 0 spiro atoms. The lowest BCUT2D eigenvalue weighted by Gasteiger charge is -2.36. The largest absolute Gasteiger partial charge is 0.488 e. The summed E-state index contributed by atoms with van der Waals surface area (Å²) in [4.78, 5) is 41.3. The number of likely N-dealkylation sites (tertiary alicyclic amines) is 1. The van der Waals surface area contributed by atoms with Crippen molar-refractivity contribution in [3.63, 3.8) is 0 Å². The molecule has 9 nitrogen and oxygen atoms in total. The maximum atomic E-state index is 13.0. The molecule has 2 atom stereocenters. The van der Waals surface area contributed by atoms with E-state index in [9.17, 15) is 14.4 Å². The molecule has 1 aliphatic heterocycles. The average molecular weight is 448 g/mol. The third-order valence-corrected chi connectivity index (χ3v) is 5.27. The smallest absolute Gasteiger partial charge is 0.411 e. The van der Waals surface area contributed by atoms with Crippen LogP contribution in [0.5, 0.6) is 5.75 Å². The van der Waals surface area contributed by atoms with Gasteiger partial charge >= 0.3 is 11.8 Å². The summed E-state index contributed by atoms with van der Waals surface area (Å²) in [6, 6.07) is 5.28. The molecule has 2 aromatic rings. The quantitative estimate of drug-likeness (QED) is 0.707. The van der Waals surface area contributed by atoms with E-state index in [2.05, 4.69) is 4.98 Å². The number of aldehydes is 1. The minimum atomic E-state index is -1.20. The lowest BCUT2D eigenvalue weighted by Crippen LogP contribution is -2.54. The summed E-state index contributed by atoms with van der Waals surface area (Å²) in [6.07, 6.45) is -0.0255. The minimum Gasteiger partial charge on any atom is -0.488 e. The second kappa shape index (κ2) is 8.27. The van der Waals surface area contributed by atoms with Gasteiger partial charge < -0.3 is 24.0 Å². The highest BCUT2D eigenvalue weighted by atomic mass is 16.6. The molecule has 1 unspecified atom stereocenters. The number of carbonyl (C=O) groups is 2. The fourth-order valence-electron chi connectivity index (χ4n) is 3.70. The fraction of sp³-hybridized carbons (Fsp3) is 0.609. The summed E-state index contributed by atoms with van der Waals surface area (Å²) in [5.74, 6) is 0.541. The van der Waals surface area contributed by atoms with Crippen molar-refractivity contribution in [2.24, 2.45) is 7.05 Å². The van der Waals surface area contributed by atoms with Gasteiger partial charge in [-0.3, -0.25) is 9.47 Å². The van der Waals surface area contributed by atoms with Crippen molar-refractivity contribution in [3.8, 4) is 5.75 Å². The van der Waals surface area contributed by atoms with Crippen molar-refractivity contribution in [1.29, 1.82) is 0 Å². The summed E-state index contributed by atoms with van der Waals surface area (Å²) >= 11 is 0. The molecule has 0 aliphatic carbocycles. The molecule has 1 saturated heterocycles. The van der Waals surface area contributed by atoms with Crippen LogP contribution in [0.1, 0.15) is 48.0 Å². The van der Waals surface area contributed by atoms with Crippen LogP contribution in [0.3, 0.4) is 0 Å². The van der Waals surface area contributed by atoms with Gasteiger partial charge in [-0.25, -0.2) is 9.59 Å². The van der Waals surface area contributed by atoms with Gasteiger partial charge in [-0.1, -0.05) is 0 Å². The van der Waals surface area contributed by atoms with Gasteiger partial charge in [0.25, 0.3) is 0 Å². The number of aromatic amines is 1. The molecule has 1 aliphatic rings. The number of rotatable bonds is 5. The number of nitrogens with zero attached hydrogens (tertiary/aromatic N) is 2. The van der Waals surface area contributed by atoms with Gasteiger partial charge in [0.1, 0.15) is 29.3 Å². The number of fused-ring (bicyclic) bond motifs is 1. The standard InChI is InChI=1S/C23H33N3O6/c1-21(2,3)30-14-23(13-27)11-16(12-26(23)20(29)32-22(4,5)6)31-15-8-9-17-18(10-15)25(7)19(28)24-17/h8-10,13,16H,11-12,14H2,1-7H3,(H,24,28)/t16-,23?/m1/s1. The van der Waals surface area contributed by atoms with Crippen LogP contribution in [-0.4, -0.2) is 62.8 Å². The van der Waals surface area contributed by atoms with E-state index in [-0.39, 0.29) is 25.3 Å². The topological polar surface area (TPSA) is 103 Å². The van der Waals surface area contributed by atoms with Crippen LogP contribution in [0, 0.1) is 0 Å². The van der Waals surface area contributed by atoms with Crippen molar-refractivity contribution in [2.45, 2.75) is 70.8 Å². The molecule has 2 heterocycles. The maximum absolute atomic E-state index is 13.0. The van der Waals surface area contributed by atoms with Gasteiger partial charge in [-0.05, 0) is 53.7 Å². The predicted octanol–water partition coefficient (Wildman–Crippen LogP) is 3.01. The molecule has 1 fully saturated rings. The molecular weight excluding hydrogens is 414 g/mol. The van der Waals surface area contributed by atoms with Gasteiger partial charge in [-0.2, -0.15) is 0 Å². The Morgan fingerprint density at radius 3 is 2.50 bits per heavy atom. The van der Waals surface area contributed by atoms with Crippen molar-refractivity contribution < 1.29 is 23.8 Å². The zero-order chi connectivity index (χ0) is 23.9. The summed E-state index contributed by atoms with van der Waals surface area (Å²) < 4.78 is 19.1. The molecule has 3 rings (SSSR count). The molecule has 9 heteroatoms. The molecule has 1 aromatic heterocycles. The van der Waals surface area contributed by atoms with Crippen molar-refractivity contribution in [2.75, 3.05) is 13.2 Å². The van der Waals surface area contributed by atoms with Gasteiger partial charge in [0.15, 0.2) is 0 Å². The highest BCUT2D eigenvalue weighted by Gasteiger charge is 2.51. The summed E-state index contributed by atoms with van der Waals surface area (Å²) in [6.45, 7) is 11.2. The van der Waals surface area contributed by atoms with Crippen molar-refractivity contribution >= 4 is 23.4 Å². The highest BCUT2D eigenvalue weighted by molar-refractivity contribution is 5.79. The number of hydrogen-bond acceptors (Lipinski definition) is 6. The molecule has 1 aromatic carbocycles. The maximum Gasteiger partial charge on any atom is 0.411 e. The van der Waals surface area contributed by atoms with E-state index < -0.39 is 28.9 Å². The van der Waals surface area contributed by atoms with E-state index in [1.165, 1.54) is 9.47 Å². The molecule has 1 N–H and O–H groups in total. The Balaban J connectivity index is 1.87. The molecule has 0 bridgehead atoms. The monoisotopic (exact) mass is 447 g/mol. The first-order chi connectivity index (χ1) is 14.7. The number of hydrogen-bond donors (Lipinski definition) is 1. The van der Waals surface area contributed by atoms with Crippen LogP contribution in [0.4, 0.5) is 4.79 Å².